The summed E-state index contributed by atoms with van der Waals surface area (Å²) in [5, 5.41) is 11.7. The van der Waals surface area contributed by atoms with E-state index >= 15 is 0 Å². The number of carbonyl (C=O) groups excluding carboxylic acids is 1. The third-order valence-corrected chi connectivity index (χ3v) is 5.28. The quantitative estimate of drug-likeness (QED) is 0.712. The summed E-state index contributed by atoms with van der Waals surface area (Å²) in [6.45, 7) is 7.09. The molecule has 1 amide bonds. The fourth-order valence-corrected chi connectivity index (χ4v) is 3.44. The molecule has 1 saturated carbocycles. The molecular weight excluding hydrogens is 346 g/mol. The van der Waals surface area contributed by atoms with Gasteiger partial charge in [-0.2, -0.15) is 0 Å². The van der Waals surface area contributed by atoms with E-state index in [1.54, 1.807) is 11.3 Å². The number of imidazole rings is 1. The van der Waals surface area contributed by atoms with Crippen LogP contribution < -0.4 is 10.6 Å². The topological polar surface area (TPSA) is 71.3 Å². The number of fused-ring (bicyclic) bond motifs is 1. The summed E-state index contributed by atoms with van der Waals surface area (Å²) >= 11 is 1.54. The van der Waals surface area contributed by atoms with Gasteiger partial charge in [0.2, 0.25) is 16.0 Å². The van der Waals surface area contributed by atoms with Gasteiger partial charge in [0.25, 0.3) is 0 Å². The van der Waals surface area contributed by atoms with Gasteiger partial charge < -0.3 is 10.6 Å². The van der Waals surface area contributed by atoms with Gasteiger partial charge in [0.05, 0.1) is 11.9 Å². The average molecular weight is 369 g/mol. The van der Waals surface area contributed by atoms with E-state index in [0.29, 0.717) is 6.54 Å². The Morgan fingerprint density at radius 1 is 1.35 bits per heavy atom. The monoisotopic (exact) mass is 369 g/mol. The largest absolute Gasteiger partial charge is 0.356 e. The lowest BCUT2D eigenvalue weighted by Gasteiger charge is -2.13. The summed E-state index contributed by atoms with van der Waals surface area (Å²) < 4.78 is 1.83. The van der Waals surface area contributed by atoms with Crippen molar-refractivity contribution in [3.63, 3.8) is 0 Å². The number of rotatable bonds is 5. The van der Waals surface area contributed by atoms with E-state index < -0.39 is 0 Å². The first-order valence-electron chi connectivity index (χ1n) is 8.89. The van der Waals surface area contributed by atoms with Crippen LogP contribution >= 0.6 is 11.3 Å². The number of nitrogens with one attached hydrogen (secondary N) is 2. The van der Waals surface area contributed by atoms with Crippen LogP contribution in [0, 0.1) is 5.92 Å². The minimum absolute atomic E-state index is 0.0202. The van der Waals surface area contributed by atoms with Gasteiger partial charge in [0.1, 0.15) is 0 Å². The Hall–Kier alpha value is -2.41. The van der Waals surface area contributed by atoms with Crippen molar-refractivity contribution in [2.45, 2.75) is 45.6 Å². The Kier molecular flexibility index (Phi) is 4.19. The fraction of sp³-hybridized carbons (Fsp3) is 0.421. The Labute approximate surface area is 156 Å². The Morgan fingerprint density at radius 3 is 2.85 bits per heavy atom. The summed E-state index contributed by atoms with van der Waals surface area (Å²) in [7, 11) is 0. The highest BCUT2D eigenvalue weighted by atomic mass is 32.1. The molecule has 0 atom stereocenters. The van der Waals surface area contributed by atoms with E-state index in [9.17, 15) is 4.79 Å². The van der Waals surface area contributed by atoms with Gasteiger partial charge in [-0.25, -0.2) is 9.50 Å². The molecule has 1 aliphatic rings. The first-order valence-corrected chi connectivity index (χ1v) is 9.70. The first kappa shape index (κ1) is 17.0. The number of aromatic nitrogens is 3. The van der Waals surface area contributed by atoms with Gasteiger partial charge in [-0.15, -0.1) is 5.10 Å². The number of nitrogens with zero attached hydrogens (tertiary/aromatic N) is 3. The highest BCUT2D eigenvalue weighted by Crippen LogP contribution is 2.30. The second kappa shape index (κ2) is 6.39. The van der Waals surface area contributed by atoms with Crippen LogP contribution in [0.5, 0.6) is 0 Å². The average Bonchev–Trinajstić information content (AvgIpc) is 3.24. The number of hydrogen-bond donors (Lipinski definition) is 2. The Bertz CT molecular complexity index is 917. The lowest BCUT2D eigenvalue weighted by Crippen LogP contribution is -2.13. The smallest absolute Gasteiger partial charge is 0.227 e. The molecule has 1 aromatic carbocycles. The maximum atomic E-state index is 11.9. The molecule has 0 aliphatic heterocycles. The molecule has 0 bridgehead atoms. The van der Waals surface area contributed by atoms with Crippen molar-refractivity contribution >= 4 is 33.0 Å². The highest BCUT2D eigenvalue weighted by molar-refractivity contribution is 7.20. The lowest BCUT2D eigenvalue weighted by atomic mass is 9.93. The summed E-state index contributed by atoms with van der Waals surface area (Å²) in [4.78, 5) is 17.4. The predicted octanol–water partition coefficient (Wildman–Crippen LogP) is 4.05. The van der Waals surface area contributed by atoms with Crippen molar-refractivity contribution in [2.75, 3.05) is 10.6 Å². The van der Waals surface area contributed by atoms with Gasteiger partial charge >= 0.3 is 0 Å². The van der Waals surface area contributed by atoms with Crippen molar-refractivity contribution < 1.29 is 4.79 Å². The van der Waals surface area contributed by atoms with Crippen LogP contribution in [0.3, 0.4) is 0 Å². The van der Waals surface area contributed by atoms with Crippen LogP contribution in [0.2, 0.25) is 0 Å². The molecule has 3 aromatic rings. The van der Waals surface area contributed by atoms with Gasteiger partial charge in [-0.3, -0.25) is 4.79 Å². The molecule has 0 saturated heterocycles. The minimum Gasteiger partial charge on any atom is -0.356 e. The highest BCUT2D eigenvalue weighted by Gasteiger charge is 2.29. The SMILES string of the molecule is CC(C)(C)c1cn2nc(NCc3cccc(NC(=O)C4CC4)c3)sc2n1. The molecule has 136 valence electrons. The van der Waals surface area contributed by atoms with Gasteiger partial charge in [0, 0.05) is 23.6 Å². The molecule has 26 heavy (non-hydrogen) atoms. The van der Waals surface area contributed by atoms with E-state index in [1.165, 1.54) is 0 Å². The molecule has 0 spiro atoms. The zero-order valence-corrected chi connectivity index (χ0v) is 16.1. The third kappa shape index (κ3) is 3.72. The Balaban J connectivity index is 1.41. The van der Waals surface area contributed by atoms with Crippen molar-refractivity contribution in [3.8, 4) is 0 Å². The molecular formula is C19H23N5OS. The molecule has 7 heteroatoms. The van der Waals surface area contributed by atoms with Crippen LogP contribution in [-0.2, 0) is 16.8 Å². The summed E-state index contributed by atoms with van der Waals surface area (Å²) in [6.07, 6.45) is 4.01. The molecule has 4 rings (SSSR count). The summed E-state index contributed by atoms with van der Waals surface area (Å²) in [5.74, 6) is 0.340. The van der Waals surface area contributed by atoms with Crippen LogP contribution in [0.1, 0.15) is 44.9 Å². The van der Waals surface area contributed by atoms with E-state index in [0.717, 1.165) is 39.9 Å². The van der Waals surface area contributed by atoms with Crippen molar-refractivity contribution in [3.05, 3.63) is 41.7 Å². The minimum atomic E-state index is 0.0202. The number of amides is 1. The number of carbonyl (C=O) groups is 1. The Morgan fingerprint density at radius 2 is 2.15 bits per heavy atom. The van der Waals surface area contributed by atoms with Crippen LogP contribution in [0.4, 0.5) is 10.8 Å². The van der Waals surface area contributed by atoms with E-state index in [4.69, 9.17) is 0 Å². The standard InChI is InChI=1S/C19H23N5OS/c1-19(2,3)15-11-24-18(22-15)26-17(23-24)20-10-12-5-4-6-14(9-12)21-16(25)13-7-8-13/h4-6,9,11,13H,7-8,10H2,1-3H3,(H,20,23)(H,21,25). The van der Waals surface area contributed by atoms with E-state index in [1.807, 2.05) is 35.0 Å². The second-order valence-electron chi connectivity index (χ2n) is 7.83. The van der Waals surface area contributed by atoms with Gasteiger partial charge in [0.15, 0.2) is 0 Å². The van der Waals surface area contributed by atoms with Gasteiger partial charge in [-0.05, 0) is 30.5 Å². The summed E-state index contributed by atoms with van der Waals surface area (Å²) in [6, 6.07) is 7.93. The molecule has 0 unspecified atom stereocenters. The number of anilines is 2. The van der Waals surface area contributed by atoms with Crippen LogP contribution in [-0.4, -0.2) is 20.5 Å². The number of hydrogen-bond acceptors (Lipinski definition) is 5. The lowest BCUT2D eigenvalue weighted by molar-refractivity contribution is -0.117. The van der Waals surface area contributed by atoms with Crippen molar-refractivity contribution in [2.24, 2.45) is 5.92 Å². The normalized spacial score (nSPS) is 14.6. The molecule has 2 heterocycles. The van der Waals surface area contributed by atoms with E-state index in [-0.39, 0.29) is 17.2 Å². The second-order valence-corrected chi connectivity index (χ2v) is 8.78. The predicted molar refractivity (Wildman–Crippen MR) is 105 cm³/mol. The van der Waals surface area contributed by atoms with E-state index in [2.05, 4.69) is 41.5 Å². The first-order chi connectivity index (χ1) is 12.4. The van der Waals surface area contributed by atoms with Crippen molar-refractivity contribution in [1.82, 2.24) is 14.6 Å². The fourth-order valence-electron chi connectivity index (χ4n) is 2.66. The zero-order valence-electron chi connectivity index (χ0n) is 15.2. The van der Waals surface area contributed by atoms with Gasteiger partial charge in [-0.1, -0.05) is 44.2 Å². The van der Waals surface area contributed by atoms with Crippen molar-refractivity contribution in [1.29, 1.82) is 0 Å². The number of benzene rings is 1. The molecule has 1 fully saturated rings. The van der Waals surface area contributed by atoms with Crippen LogP contribution in [0.25, 0.3) is 4.96 Å². The van der Waals surface area contributed by atoms with Crippen LogP contribution in [0.15, 0.2) is 30.5 Å². The molecule has 0 radical (unpaired) electrons. The third-order valence-electron chi connectivity index (χ3n) is 4.40. The molecule has 6 nitrogen and oxygen atoms in total. The molecule has 1 aliphatic carbocycles. The molecule has 2 N–H and O–H groups in total. The molecule has 2 aromatic heterocycles. The summed E-state index contributed by atoms with van der Waals surface area (Å²) in [5.41, 5.74) is 3.01. The maximum absolute atomic E-state index is 11.9. The maximum Gasteiger partial charge on any atom is 0.227 e. The zero-order chi connectivity index (χ0) is 18.3.